The number of likely N-dealkylation sites (N-methyl/N-ethyl adjacent to an activating group) is 1. The van der Waals surface area contributed by atoms with Gasteiger partial charge in [-0.25, -0.2) is 0 Å². The number of amides is 1. The maximum Gasteiger partial charge on any atom is 0.272 e. The zero-order chi connectivity index (χ0) is 16.6. The summed E-state index contributed by atoms with van der Waals surface area (Å²) in [6, 6.07) is 2.11. The van der Waals surface area contributed by atoms with E-state index < -0.39 is 0 Å². The molecule has 1 unspecified atom stereocenters. The molecule has 0 spiro atoms. The first-order chi connectivity index (χ1) is 11.0. The number of H-pyrrole nitrogens is 1. The molecule has 0 bridgehead atoms. The standard InChI is InChI=1S/C16H24N6O/c1-10-15(11(2)21(4)20-10)13-8-14(19-18-13)16(23)22-7-5-6-12(22)9-17-3/h8,12,17H,5-7,9H2,1-4H3,(H,18,19). The van der Waals surface area contributed by atoms with Gasteiger partial charge in [0.2, 0.25) is 0 Å². The van der Waals surface area contributed by atoms with Crippen molar-refractivity contribution in [2.45, 2.75) is 32.7 Å². The van der Waals surface area contributed by atoms with Gasteiger partial charge in [-0.05, 0) is 39.8 Å². The number of hydrogen-bond acceptors (Lipinski definition) is 4. The van der Waals surface area contributed by atoms with Crippen molar-refractivity contribution >= 4 is 5.91 Å². The Kier molecular flexibility index (Phi) is 4.21. The summed E-state index contributed by atoms with van der Waals surface area (Å²) in [4.78, 5) is 14.7. The fourth-order valence-electron chi connectivity index (χ4n) is 3.41. The van der Waals surface area contributed by atoms with Gasteiger partial charge in [0.25, 0.3) is 5.91 Å². The molecule has 2 N–H and O–H groups in total. The molecule has 2 aromatic rings. The van der Waals surface area contributed by atoms with E-state index in [-0.39, 0.29) is 11.9 Å². The van der Waals surface area contributed by atoms with Gasteiger partial charge in [0, 0.05) is 37.4 Å². The van der Waals surface area contributed by atoms with E-state index in [9.17, 15) is 4.79 Å². The Bertz CT molecular complexity index is 716. The van der Waals surface area contributed by atoms with E-state index >= 15 is 0 Å². The Morgan fingerprint density at radius 2 is 2.26 bits per heavy atom. The van der Waals surface area contributed by atoms with Crippen LogP contribution in [0.4, 0.5) is 0 Å². The monoisotopic (exact) mass is 316 g/mol. The van der Waals surface area contributed by atoms with Crippen molar-refractivity contribution in [3.05, 3.63) is 23.1 Å². The third-order valence-corrected chi connectivity index (χ3v) is 4.65. The van der Waals surface area contributed by atoms with Crippen LogP contribution in [0.15, 0.2) is 6.07 Å². The number of carbonyl (C=O) groups excluding carboxylic acids is 1. The van der Waals surface area contributed by atoms with Crippen LogP contribution in [0.2, 0.25) is 0 Å². The number of nitrogens with one attached hydrogen (secondary N) is 2. The summed E-state index contributed by atoms with van der Waals surface area (Å²) in [5.74, 6) is 0.0284. The lowest BCUT2D eigenvalue weighted by molar-refractivity contribution is 0.0731. The third kappa shape index (κ3) is 2.76. The van der Waals surface area contributed by atoms with Crippen LogP contribution in [-0.2, 0) is 7.05 Å². The maximum absolute atomic E-state index is 12.8. The topological polar surface area (TPSA) is 78.8 Å². The molecule has 1 fully saturated rings. The number of likely N-dealkylation sites (tertiary alicyclic amines) is 1. The van der Waals surface area contributed by atoms with Crippen molar-refractivity contribution in [3.63, 3.8) is 0 Å². The van der Waals surface area contributed by atoms with Crippen molar-refractivity contribution in [3.8, 4) is 11.3 Å². The van der Waals surface area contributed by atoms with Crippen molar-refractivity contribution in [1.82, 2.24) is 30.2 Å². The molecule has 1 amide bonds. The summed E-state index contributed by atoms with van der Waals surface area (Å²) in [5, 5.41) is 14.8. The highest BCUT2D eigenvalue weighted by molar-refractivity contribution is 5.94. The number of aromatic nitrogens is 4. The molecule has 0 radical (unpaired) electrons. The van der Waals surface area contributed by atoms with Crippen LogP contribution in [0.5, 0.6) is 0 Å². The van der Waals surface area contributed by atoms with Crippen molar-refractivity contribution in [1.29, 1.82) is 0 Å². The Morgan fingerprint density at radius 1 is 1.48 bits per heavy atom. The molecule has 3 heterocycles. The van der Waals surface area contributed by atoms with Gasteiger partial charge >= 0.3 is 0 Å². The fourth-order valence-corrected chi connectivity index (χ4v) is 3.41. The van der Waals surface area contributed by atoms with E-state index in [1.54, 1.807) is 0 Å². The predicted octanol–water partition coefficient (Wildman–Crippen LogP) is 1.25. The highest BCUT2D eigenvalue weighted by atomic mass is 16.2. The Labute approximate surface area is 136 Å². The van der Waals surface area contributed by atoms with Gasteiger partial charge in [0.15, 0.2) is 0 Å². The minimum atomic E-state index is 0.0284. The molecule has 1 aliphatic heterocycles. The van der Waals surface area contributed by atoms with Crippen LogP contribution in [0.3, 0.4) is 0 Å². The average molecular weight is 316 g/mol. The van der Waals surface area contributed by atoms with Crippen molar-refractivity contribution in [2.24, 2.45) is 7.05 Å². The number of nitrogens with zero attached hydrogens (tertiary/aromatic N) is 4. The van der Waals surface area contributed by atoms with E-state index in [0.717, 1.165) is 48.6 Å². The van der Waals surface area contributed by atoms with E-state index in [1.165, 1.54) is 0 Å². The summed E-state index contributed by atoms with van der Waals surface area (Å²) in [6.45, 7) is 5.61. The first-order valence-electron chi connectivity index (χ1n) is 8.04. The van der Waals surface area contributed by atoms with Gasteiger partial charge in [0.1, 0.15) is 5.69 Å². The predicted molar refractivity (Wildman–Crippen MR) is 88.2 cm³/mol. The van der Waals surface area contributed by atoms with E-state index in [2.05, 4.69) is 20.6 Å². The van der Waals surface area contributed by atoms with Crippen LogP contribution in [0.25, 0.3) is 11.3 Å². The molecule has 0 aliphatic carbocycles. The molecule has 7 heteroatoms. The Hall–Kier alpha value is -2.15. The van der Waals surface area contributed by atoms with E-state index in [1.807, 2.05) is 43.6 Å². The lowest BCUT2D eigenvalue weighted by Crippen LogP contribution is -2.41. The first-order valence-corrected chi connectivity index (χ1v) is 8.04. The molecule has 1 saturated heterocycles. The molecule has 124 valence electrons. The van der Waals surface area contributed by atoms with Gasteiger partial charge in [-0.3, -0.25) is 14.6 Å². The van der Waals surface area contributed by atoms with Crippen LogP contribution < -0.4 is 5.32 Å². The molecular formula is C16H24N6O. The number of rotatable bonds is 4. The summed E-state index contributed by atoms with van der Waals surface area (Å²) < 4.78 is 1.84. The van der Waals surface area contributed by atoms with Crippen molar-refractivity contribution in [2.75, 3.05) is 20.1 Å². The molecule has 1 aliphatic rings. The second kappa shape index (κ2) is 6.16. The summed E-state index contributed by atoms with van der Waals surface area (Å²) in [5.41, 5.74) is 4.29. The second-order valence-electron chi connectivity index (χ2n) is 6.19. The summed E-state index contributed by atoms with van der Waals surface area (Å²) in [6.07, 6.45) is 2.11. The highest BCUT2D eigenvalue weighted by Crippen LogP contribution is 2.26. The maximum atomic E-state index is 12.8. The number of aryl methyl sites for hydroxylation is 2. The molecule has 0 saturated carbocycles. The zero-order valence-corrected chi connectivity index (χ0v) is 14.2. The summed E-state index contributed by atoms with van der Waals surface area (Å²) >= 11 is 0. The first kappa shape index (κ1) is 15.7. The normalized spacial score (nSPS) is 17.9. The molecule has 7 nitrogen and oxygen atoms in total. The van der Waals surface area contributed by atoms with Gasteiger partial charge in [-0.1, -0.05) is 0 Å². The van der Waals surface area contributed by atoms with E-state index in [0.29, 0.717) is 5.69 Å². The molecule has 0 aromatic carbocycles. The number of hydrogen-bond donors (Lipinski definition) is 2. The molecular weight excluding hydrogens is 292 g/mol. The van der Waals surface area contributed by atoms with E-state index in [4.69, 9.17) is 0 Å². The largest absolute Gasteiger partial charge is 0.333 e. The van der Waals surface area contributed by atoms with Gasteiger partial charge in [-0.15, -0.1) is 0 Å². The Morgan fingerprint density at radius 3 is 2.91 bits per heavy atom. The zero-order valence-electron chi connectivity index (χ0n) is 14.2. The minimum absolute atomic E-state index is 0.0284. The molecule has 3 rings (SSSR count). The summed E-state index contributed by atoms with van der Waals surface area (Å²) in [7, 11) is 3.83. The van der Waals surface area contributed by atoms with Crippen molar-refractivity contribution < 1.29 is 4.79 Å². The molecule has 1 atom stereocenters. The van der Waals surface area contributed by atoms with Gasteiger partial charge < -0.3 is 10.2 Å². The van der Waals surface area contributed by atoms with Gasteiger partial charge in [0.05, 0.1) is 11.4 Å². The fraction of sp³-hybridized carbons (Fsp3) is 0.562. The number of aromatic amines is 1. The average Bonchev–Trinajstić information content (AvgIpc) is 3.20. The second-order valence-corrected chi connectivity index (χ2v) is 6.19. The lowest BCUT2D eigenvalue weighted by Gasteiger charge is -2.23. The lowest BCUT2D eigenvalue weighted by atomic mass is 10.1. The quantitative estimate of drug-likeness (QED) is 0.890. The highest BCUT2D eigenvalue weighted by Gasteiger charge is 2.30. The van der Waals surface area contributed by atoms with Gasteiger partial charge in [-0.2, -0.15) is 10.2 Å². The molecule has 23 heavy (non-hydrogen) atoms. The van der Waals surface area contributed by atoms with Crippen LogP contribution >= 0.6 is 0 Å². The number of carbonyl (C=O) groups is 1. The van der Waals surface area contributed by atoms with Crippen LogP contribution in [0, 0.1) is 13.8 Å². The van der Waals surface area contributed by atoms with Crippen LogP contribution in [-0.4, -0.2) is 57.0 Å². The van der Waals surface area contributed by atoms with Crippen LogP contribution in [0.1, 0.15) is 34.7 Å². The smallest absolute Gasteiger partial charge is 0.272 e. The molecule has 2 aromatic heterocycles. The SMILES string of the molecule is CNCC1CCCN1C(=O)c1cc(-c2c(C)nn(C)c2C)n[nH]1. The Balaban J connectivity index is 1.85. The third-order valence-electron chi connectivity index (χ3n) is 4.65. The minimum Gasteiger partial charge on any atom is -0.333 e.